The van der Waals surface area contributed by atoms with E-state index in [-0.39, 0.29) is 48.8 Å². The Morgan fingerprint density at radius 3 is 2.45 bits per heavy atom. The number of anilines is 1. The van der Waals surface area contributed by atoms with Crippen LogP contribution in [0.2, 0.25) is 0 Å². The van der Waals surface area contributed by atoms with Crippen LogP contribution in [0.3, 0.4) is 0 Å². The van der Waals surface area contributed by atoms with E-state index in [0.717, 1.165) is 29.7 Å². The van der Waals surface area contributed by atoms with Crippen LogP contribution in [0, 0.1) is 13.8 Å². The number of hydrogen-bond acceptors (Lipinski definition) is 5. The highest BCUT2D eigenvalue weighted by molar-refractivity contribution is 5.93. The van der Waals surface area contributed by atoms with E-state index >= 15 is 0 Å². The average molecular weight is 447 g/mol. The summed E-state index contributed by atoms with van der Waals surface area (Å²) in [5, 5.41) is 3.00. The number of nitrogens with zero attached hydrogens (tertiary/aromatic N) is 2. The molecule has 0 unspecified atom stereocenters. The second kappa shape index (κ2) is 11.7. The third kappa shape index (κ3) is 6.55. The Kier molecular flexibility index (Phi) is 10.4. The van der Waals surface area contributed by atoms with Crippen LogP contribution in [0.5, 0.6) is 0 Å². The Hall–Kier alpha value is -1.38. The fourth-order valence-electron chi connectivity index (χ4n) is 3.67. The van der Waals surface area contributed by atoms with Gasteiger partial charge in [-0.2, -0.15) is 0 Å². The monoisotopic (exact) mass is 446 g/mol. The first-order chi connectivity index (χ1) is 13.0. The lowest BCUT2D eigenvalue weighted by molar-refractivity contribution is -0.144. The number of benzene rings is 1. The molecule has 164 valence electrons. The summed E-state index contributed by atoms with van der Waals surface area (Å²) in [5.41, 5.74) is 8.73. The minimum atomic E-state index is -0.349. The van der Waals surface area contributed by atoms with Crippen LogP contribution >= 0.6 is 24.8 Å². The standard InChI is InChI=1S/C20H30N4O3.2ClH/c1-14-4-3-5-17(15(14)2)22-19(25)13-23-8-10-24(11-9-23)20(26)18-7-6-16(12-21)27-18;;/h3-5,16,18H,6-13,21H2,1-2H3,(H,22,25);2*1H/t16-,18+;;/m1../s1. The zero-order valence-corrected chi connectivity index (χ0v) is 18.7. The van der Waals surface area contributed by atoms with Crippen molar-refractivity contribution in [1.82, 2.24) is 9.80 Å². The summed E-state index contributed by atoms with van der Waals surface area (Å²) in [7, 11) is 0. The highest BCUT2D eigenvalue weighted by Crippen LogP contribution is 2.21. The van der Waals surface area contributed by atoms with Crippen LogP contribution < -0.4 is 11.1 Å². The van der Waals surface area contributed by atoms with Crippen molar-refractivity contribution in [2.45, 2.75) is 38.9 Å². The summed E-state index contributed by atoms with van der Waals surface area (Å²) in [6.45, 7) is 7.49. The molecule has 0 bridgehead atoms. The average Bonchev–Trinajstić information content (AvgIpc) is 3.15. The molecule has 0 spiro atoms. The van der Waals surface area contributed by atoms with Gasteiger partial charge >= 0.3 is 0 Å². The minimum Gasteiger partial charge on any atom is -0.364 e. The number of nitrogens with two attached hydrogens (primary N) is 1. The number of carbonyl (C=O) groups is 2. The van der Waals surface area contributed by atoms with Gasteiger partial charge in [0.1, 0.15) is 6.10 Å². The number of halogens is 2. The molecular weight excluding hydrogens is 415 g/mol. The predicted molar refractivity (Wildman–Crippen MR) is 119 cm³/mol. The largest absolute Gasteiger partial charge is 0.364 e. The number of nitrogens with one attached hydrogen (secondary N) is 1. The molecule has 2 saturated heterocycles. The van der Waals surface area contributed by atoms with Crippen molar-refractivity contribution in [2.75, 3.05) is 44.6 Å². The van der Waals surface area contributed by atoms with Crippen molar-refractivity contribution in [3.8, 4) is 0 Å². The number of ether oxygens (including phenoxy) is 1. The van der Waals surface area contributed by atoms with Gasteiger partial charge in [-0.3, -0.25) is 14.5 Å². The molecular formula is C20H32Cl2N4O3. The molecule has 0 saturated carbocycles. The Labute approximate surface area is 185 Å². The van der Waals surface area contributed by atoms with Gasteiger partial charge in [0.05, 0.1) is 12.6 Å². The van der Waals surface area contributed by atoms with Gasteiger partial charge in [0.2, 0.25) is 5.91 Å². The Morgan fingerprint density at radius 1 is 1.14 bits per heavy atom. The first-order valence-electron chi connectivity index (χ1n) is 9.70. The molecule has 0 aliphatic carbocycles. The van der Waals surface area contributed by atoms with E-state index in [1.165, 1.54) is 0 Å². The molecule has 1 aromatic carbocycles. The lowest BCUT2D eigenvalue weighted by Gasteiger charge is -2.35. The Balaban J connectivity index is 0.00000210. The maximum absolute atomic E-state index is 12.6. The molecule has 7 nitrogen and oxygen atoms in total. The summed E-state index contributed by atoms with van der Waals surface area (Å²) >= 11 is 0. The zero-order chi connectivity index (χ0) is 19.4. The quantitative estimate of drug-likeness (QED) is 0.718. The second-order valence-corrected chi connectivity index (χ2v) is 7.46. The molecule has 2 atom stereocenters. The van der Waals surface area contributed by atoms with Gasteiger partial charge in [0.15, 0.2) is 0 Å². The van der Waals surface area contributed by atoms with Gasteiger partial charge in [-0.25, -0.2) is 0 Å². The van der Waals surface area contributed by atoms with E-state index in [2.05, 4.69) is 10.2 Å². The summed E-state index contributed by atoms with van der Waals surface area (Å²) < 4.78 is 5.71. The number of amides is 2. The fourth-order valence-corrected chi connectivity index (χ4v) is 3.67. The summed E-state index contributed by atoms with van der Waals surface area (Å²) in [4.78, 5) is 28.9. The van der Waals surface area contributed by atoms with Gasteiger partial charge in [0, 0.05) is 38.4 Å². The van der Waals surface area contributed by atoms with Crippen LogP contribution in [0.4, 0.5) is 5.69 Å². The number of piperazine rings is 1. The van der Waals surface area contributed by atoms with E-state index in [1.807, 2.05) is 36.9 Å². The lowest BCUT2D eigenvalue weighted by atomic mass is 10.1. The molecule has 3 N–H and O–H groups in total. The van der Waals surface area contributed by atoms with E-state index in [0.29, 0.717) is 39.3 Å². The summed E-state index contributed by atoms with van der Waals surface area (Å²) in [6, 6.07) is 5.90. The smallest absolute Gasteiger partial charge is 0.251 e. The van der Waals surface area contributed by atoms with Crippen molar-refractivity contribution in [1.29, 1.82) is 0 Å². The SMILES string of the molecule is Cc1cccc(NC(=O)CN2CCN(C(=O)[C@@H]3CC[C@H](CN)O3)CC2)c1C.Cl.Cl. The molecule has 2 heterocycles. The molecule has 2 aliphatic heterocycles. The van der Waals surface area contributed by atoms with Gasteiger partial charge in [0.25, 0.3) is 5.91 Å². The fraction of sp³-hybridized carbons (Fsp3) is 0.600. The maximum Gasteiger partial charge on any atom is 0.251 e. The minimum absolute atomic E-state index is 0. The van der Waals surface area contributed by atoms with Crippen molar-refractivity contribution < 1.29 is 14.3 Å². The molecule has 29 heavy (non-hydrogen) atoms. The molecule has 0 radical (unpaired) electrons. The predicted octanol–water partition coefficient (Wildman–Crippen LogP) is 1.74. The number of aryl methyl sites for hydroxylation is 1. The topological polar surface area (TPSA) is 87.9 Å². The van der Waals surface area contributed by atoms with Crippen molar-refractivity contribution in [2.24, 2.45) is 5.73 Å². The second-order valence-electron chi connectivity index (χ2n) is 7.46. The third-order valence-electron chi connectivity index (χ3n) is 5.58. The van der Waals surface area contributed by atoms with Crippen LogP contribution in [0.1, 0.15) is 24.0 Å². The van der Waals surface area contributed by atoms with E-state index < -0.39 is 0 Å². The first-order valence-corrected chi connectivity index (χ1v) is 9.70. The Bertz CT molecular complexity index is 696. The number of carbonyl (C=O) groups excluding carboxylic acids is 2. The van der Waals surface area contributed by atoms with Gasteiger partial charge in [-0.1, -0.05) is 12.1 Å². The van der Waals surface area contributed by atoms with E-state index in [1.54, 1.807) is 0 Å². The summed E-state index contributed by atoms with van der Waals surface area (Å²) in [5.74, 6) is 0.0406. The van der Waals surface area contributed by atoms with Crippen molar-refractivity contribution in [3.05, 3.63) is 29.3 Å². The first kappa shape index (κ1) is 25.7. The Morgan fingerprint density at radius 2 is 1.83 bits per heavy atom. The number of rotatable bonds is 5. The van der Waals surface area contributed by atoms with Gasteiger partial charge in [-0.05, 0) is 43.9 Å². The molecule has 2 aliphatic rings. The number of hydrogen-bond donors (Lipinski definition) is 2. The van der Waals surface area contributed by atoms with Crippen LogP contribution in [-0.4, -0.2) is 73.1 Å². The molecule has 2 fully saturated rings. The van der Waals surface area contributed by atoms with Crippen molar-refractivity contribution >= 4 is 42.3 Å². The maximum atomic E-state index is 12.6. The lowest BCUT2D eigenvalue weighted by Crippen LogP contribution is -2.52. The normalized spacial score (nSPS) is 21.8. The zero-order valence-electron chi connectivity index (χ0n) is 17.1. The van der Waals surface area contributed by atoms with Crippen molar-refractivity contribution in [3.63, 3.8) is 0 Å². The van der Waals surface area contributed by atoms with E-state index in [4.69, 9.17) is 10.5 Å². The molecule has 0 aromatic heterocycles. The molecule has 2 amide bonds. The molecule has 9 heteroatoms. The third-order valence-corrected chi connectivity index (χ3v) is 5.58. The highest BCUT2D eigenvalue weighted by Gasteiger charge is 2.34. The highest BCUT2D eigenvalue weighted by atomic mass is 35.5. The molecule has 3 rings (SSSR count). The van der Waals surface area contributed by atoms with E-state index in [9.17, 15) is 9.59 Å². The van der Waals surface area contributed by atoms with Gasteiger partial charge < -0.3 is 20.7 Å². The molecule has 1 aromatic rings. The summed E-state index contributed by atoms with van der Waals surface area (Å²) in [6.07, 6.45) is 1.26. The van der Waals surface area contributed by atoms with Crippen LogP contribution in [0.15, 0.2) is 18.2 Å². The van der Waals surface area contributed by atoms with Crippen LogP contribution in [0.25, 0.3) is 0 Å². The van der Waals surface area contributed by atoms with Gasteiger partial charge in [-0.15, -0.1) is 24.8 Å². The van der Waals surface area contributed by atoms with Crippen LogP contribution in [-0.2, 0) is 14.3 Å².